The van der Waals surface area contributed by atoms with E-state index in [9.17, 15) is 21.0 Å². The van der Waals surface area contributed by atoms with Crippen LogP contribution in [-0.4, -0.2) is 14.1 Å². The van der Waals surface area contributed by atoms with Gasteiger partial charge in [-0.25, -0.2) is 0 Å². The van der Waals surface area contributed by atoms with Gasteiger partial charge < -0.3 is 4.90 Å². The molecule has 1 aromatic carbocycles. The summed E-state index contributed by atoms with van der Waals surface area (Å²) in [6.45, 7) is 0. The van der Waals surface area contributed by atoms with E-state index in [4.69, 9.17) is 0 Å². The molecule has 2 aliphatic carbocycles. The van der Waals surface area contributed by atoms with Crippen molar-refractivity contribution in [2.75, 3.05) is 19.0 Å². The van der Waals surface area contributed by atoms with Crippen LogP contribution >= 0.6 is 0 Å². The van der Waals surface area contributed by atoms with E-state index in [-0.39, 0.29) is 23.0 Å². The number of allylic oxidation sites excluding steroid dienone is 5. The summed E-state index contributed by atoms with van der Waals surface area (Å²) in [5.41, 5.74) is 4.25. The van der Waals surface area contributed by atoms with Gasteiger partial charge >= 0.3 is 0 Å². The third kappa shape index (κ3) is 3.65. The van der Waals surface area contributed by atoms with Gasteiger partial charge in [-0.1, -0.05) is 25.0 Å². The number of nitriles is 4. The molecule has 3 rings (SSSR count). The minimum Gasteiger partial charge on any atom is -0.378 e. The van der Waals surface area contributed by atoms with Crippen molar-refractivity contribution in [3.8, 4) is 24.3 Å². The highest BCUT2D eigenvalue weighted by Gasteiger charge is 2.43. The van der Waals surface area contributed by atoms with E-state index in [1.54, 1.807) is 0 Å². The first-order valence-corrected chi connectivity index (χ1v) is 9.64. The van der Waals surface area contributed by atoms with Crippen molar-refractivity contribution in [2.45, 2.75) is 25.7 Å². The molecule has 5 heteroatoms. The minimum atomic E-state index is 0.0112. The summed E-state index contributed by atoms with van der Waals surface area (Å²) >= 11 is 0. The van der Waals surface area contributed by atoms with Gasteiger partial charge in [-0.05, 0) is 65.2 Å². The molecule has 29 heavy (non-hydrogen) atoms. The topological polar surface area (TPSA) is 98.4 Å². The maximum Gasteiger partial charge on any atom is 0.133 e. The number of hydrogen-bond donors (Lipinski definition) is 0. The van der Waals surface area contributed by atoms with E-state index in [1.165, 1.54) is 0 Å². The molecule has 0 radical (unpaired) electrons. The van der Waals surface area contributed by atoms with Crippen LogP contribution < -0.4 is 4.90 Å². The largest absolute Gasteiger partial charge is 0.378 e. The monoisotopic (exact) mass is 379 g/mol. The van der Waals surface area contributed by atoms with Crippen molar-refractivity contribution < 1.29 is 0 Å². The molecule has 5 nitrogen and oxygen atoms in total. The van der Waals surface area contributed by atoms with Gasteiger partial charge in [0.2, 0.25) is 0 Å². The molecule has 2 fully saturated rings. The van der Waals surface area contributed by atoms with Crippen LogP contribution in [0.15, 0.2) is 52.1 Å². The van der Waals surface area contributed by atoms with E-state index in [1.807, 2.05) is 73.6 Å². The standard InChI is InChI=1S/C24H21N5/c1-29(2)19-9-7-16(8-10-19)11-22-23(17(12-25)13-26)20-5-3-4-6-21(20)24(22)18(14-27)15-28/h7-11,20-21H,3-6H2,1-2H3. The van der Waals surface area contributed by atoms with Crippen LogP contribution in [0.3, 0.4) is 0 Å². The Morgan fingerprint density at radius 2 is 1.28 bits per heavy atom. The lowest BCUT2D eigenvalue weighted by Crippen LogP contribution is -2.16. The molecule has 142 valence electrons. The molecule has 0 saturated heterocycles. The number of benzene rings is 1. The van der Waals surface area contributed by atoms with E-state index in [0.717, 1.165) is 36.9 Å². The van der Waals surface area contributed by atoms with E-state index >= 15 is 0 Å². The molecule has 0 spiro atoms. The molecule has 2 aliphatic rings. The Labute approximate surface area is 171 Å². The number of anilines is 1. The van der Waals surface area contributed by atoms with Crippen LogP contribution in [0.2, 0.25) is 0 Å². The first-order valence-electron chi connectivity index (χ1n) is 9.64. The summed E-state index contributed by atoms with van der Waals surface area (Å²) in [6.07, 6.45) is 5.67. The fraction of sp³-hybridized carbons (Fsp3) is 0.333. The summed E-state index contributed by atoms with van der Waals surface area (Å²) in [5.74, 6) is 0.0223. The Bertz CT molecular complexity index is 981. The quantitative estimate of drug-likeness (QED) is 0.697. The maximum absolute atomic E-state index is 9.59. The van der Waals surface area contributed by atoms with Gasteiger partial charge in [-0.3, -0.25) is 0 Å². The lowest BCUT2D eigenvalue weighted by Gasteiger charge is -2.25. The van der Waals surface area contributed by atoms with E-state index in [0.29, 0.717) is 16.7 Å². The second-order valence-corrected chi connectivity index (χ2v) is 7.57. The fourth-order valence-corrected chi connectivity index (χ4v) is 4.49. The van der Waals surface area contributed by atoms with Crippen molar-refractivity contribution in [1.29, 1.82) is 21.0 Å². The molecule has 2 unspecified atom stereocenters. The molecule has 0 aliphatic heterocycles. The van der Waals surface area contributed by atoms with Gasteiger partial charge in [0, 0.05) is 19.8 Å². The van der Waals surface area contributed by atoms with Crippen molar-refractivity contribution in [3.63, 3.8) is 0 Å². The third-order valence-corrected chi connectivity index (χ3v) is 5.79. The predicted molar refractivity (Wildman–Crippen MR) is 111 cm³/mol. The van der Waals surface area contributed by atoms with Crippen LogP contribution in [0.1, 0.15) is 31.2 Å². The van der Waals surface area contributed by atoms with Crippen LogP contribution in [0, 0.1) is 57.2 Å². The molecule has 0 bridgehead atoms. The molecular formula is C24H21N5. The molecule has 2 saturated carbocycles. The Kier molecular flexibility index (Phi) is 5.83. The zero-order valence-corrected chi connectivity index (χ0v) is 16.6. The van der Waals surface area contributed by atoms with Gasteiger partial charge in [0.05, 0.1) is 0 Å². The number of fused-ring (bicyclic) bond motifs is 1. The molecule has 2 atom stereocenters. The first kappa shape index (κ1) is 19.9. The average molecular weight is 379 g/mol. The zero-order chi connectivity index (χ0) is 21.0. The van der Waals surface area contributed by atoms with Gasteiger partial charge in [-0.2, -0.15) is 21.0 Å². The number of hydrogen-bond acceptors (Lipinski definition) is 5. The molecule has 0 N–H and O–H groups in total. The number of nitrogens with zero attached hydrogens (tertiary/aromatic N) is 5. The third-order valence-electron chi connectivity index (χ3n) is 5.79. The van der Waals surface area contributed by atoms with Crippen LogP contribution in [0.4, 0.5) is 5.69 Å². The average Bonchev–Trinajstić information content (AvgIpc) is 3.05. The van der Waals surface area contributed by atoms with Crippen molar-refractivity contribution >= 4 is 11.8 Å². The molecule has 1 aromatic rings. The second-order valence-electron chi connectivity index (χ2n) is 7.57. The summed E-state index contributed by atoms with van der Waals surface area (Å²) in [5, 5.41) is 38.4. The normalized spacial score (nSPS) is 19.9. The fourth-order valence-electron chi connectivity index (χ4n) is 4.49. The summed E-state index contributed by atoms with van der Waals surface area (Å²) < 4.78 is 0. The first-order chi connectivity index (χ1) is 14.0. The molecule has 0 aromatic heterocycles. The molecule has 0 amide bonds. The predicted octanol–water partition coefficient (Wildman–Crippen LogP) is 4.64. The van der Waals surface area contributed by atoms with Gasteiger partial charge in [0.15, 0.2) is 0 Å². The van der Waals surface area contributed by atoms with Crippen molar-refractivity contribution in [3.05, 3.63) is 57.7 Å². The smallest absolute Gasteiger partial charge is 0.133 e. The molecular weight excluding hydrogens is 358 g/mol. The summed E-state index contributed by atoms with van der Waals surface area (Å²) in [7, 11) is 3.93. The SMILES string of the molecule is CN(C)c1ccc(C=C2C(=C(C#N)C#N)C3CCCCC3C2=C(C#N)C#N)cc1. The van der Waals surface area contributed by atoms with Crippen LogP contribution in [-0.2, 0) is 0 Å². The van der Waals surface area contributed by atoms with Crippen molar-refractivity contribution in [1.82, 2.24) is 0 Å². The van der Waals surface area contributed by atoms with Gasteiger partial charge in [0.25, 0.3) is 0 Å². The lowest BCUT2D eigenvalue weighted by atomic mass is 9.77. The highest BCUT2D eigenvalue weighted by atomic mass is 15.1. The Hall–Kier alpha value is -3.80. The van der Waals surface area contributed by atoms with Crippen LogP contribution in [0.25, 0.3) is 6.08 Å². The summed E-state index contributed by atoms with van der Waals surface area (Å²) in [4.78, 5) is 2.00. The second kappa shape index (κ2) is 8.48. The lowest BCUT2D eigenvalue weighted by molar-refractivity contribution is 0.336. The van der Waals surface area contributed by atoms with E-state index < -0.39 is 0 Å². The Morgan fingerprint density at radius 1 is 0.828 bits per heavy atom. The van der Waals surface area contributed by atoms with Gasteiger partial charge in [-0.15, -0.1) is 0 Å². The van der Waals surface area contributed by atoms with Gasteiger partial charge in [0.1, 0.15) is 35.4 Å². The van der Waals surface area contributed by atoms with Crippen LogP contribution in [0.5, 0.6) is 0 Å². The highest BCUT2D eigenvalue weighted by Crippen LogP contribution is 2.54. The summed E-state index contributed by atoms with van der Waals surface area (Å²) in [6, 6.07) is 16.1. The maximum atomic E-state index is 9.59. The number of rotatable bonds is 2. The van der Waals surface area contributed by atoms with E-state index in [2.05, 4.69) is 0 Å². The minimum absolute atomic E-state index is 0.0112. The Balaban J connectivity index is 2.28. The Morgan fingerprint density at radius 3 is 1.66 bits per heavy atom. The zero-order valence-electron chi connectivity index (χ0n) is 16.6. The highest BCUT2D eigenvalue weighted by molar-refractivity contribution is 5.75. The molecule has 0 heterocycles. The van der Waals surface area contributed by atoms with Crippen molar-refractivity contribution in [2.24, 2.45) is 11.8 Å².